The fourth-order valence-corrected chi connectivity index (χ4v) is 1.86. The molecular formula is C18H18N2O. The summed E-state index contributed by atoms with van der Waals surface area (Å²) in [6.07, 6.45) is 9.85. The van der Waals surface area contributed by atoms with Crippen LogP contribution in [0.2, 0.25) is 0 Å². The van der Waals surface area contributed by atoms with E-state index in [-0.39, 0.29) is 5.91 Å². The van der Waals surface area contributed by atoms with Crippen LogP contribution in [0.1, 0.15) is 38.3 Å². The zero-order chi connectivity index (χ0) is 15.8. The number of terminal acetylenes is 1. The van der Waals surface area contributed by atoms with Gasteiger partial charge < -0.3 is 5.32 Å². The smallest absolute Gasteiger partial charge is 0.255 e. The summed E-state index contributed by atoms with van der Waals surface area (Å²) in [7, 11) is 0. The van der Waals surface area contributed by atoms with Crippen LogP contribution in [0.3, 0.4) is 0 Å². The molecular weight excluding hydrogens is 260 g/mol. The van der Waals surface area contributed by atoms with Crippen molar-refractivity contribution in [3.8, 4) is 18.4 Å². The first kappa shape index (κ1) is 16.3. The van der Waals surface area contributed by atoms with E-state index in [1.807, 2.05) is 39.0 Å². The molecule has 106 valence electrons. The van der Waals surface area contributed by atoms with Crippen molar-refractivity contribution in [1.29, 1.82) is 5.26 Å². The first-order chi connectivity index (χ1) is 10.1. The summed E-state index contributed by atoms with van der Waals surface area (Å²) in [5.41, 5.74) is 3.33. The Balaban J connectivity index is 0.00000106. The number of carbonyl (C=O) groups excluding carboxylic acids is 1. The quantitative estimate of drug-likeness (QED) is 0.837. The number of anilines is 1. The molecule has 1 aromatic rings. The van der Waals surface area contributed by atoms with Gasteiger partial charge in [-0.05, 0) is 31.5 Å². The molecule has 0 atom stereocenters. The lowest BCUT2D eigenvalue weighted by atomic mass is 10.1. The fraction of sp³-hybridized carbons (Fsp3) is 0.222. The van der Waals surface area contributed by atoms with E-state index in [9.17, 15) is 4.79 Å². The molecule has 0 saturated heterocycles. The Labute approximate surface area is 126 Å². The number of benzene rings is 1. The molecule has 0 unspecified atom stereocenters. The molecule has 2 rings (SSSR count). The number of hydrogen-bond donors (Lipinski definition) is 1. The van der Waals surface area contributed by atoms with E-state index < -0.39 is 0 Å². The predicted octanol–water partition coefficient (Wildman–Crippen LogP) is 3.78. The van der Waals surface area contributed by atoms with Crippen molar-refractivity contribution < 1.29 is 4.79 Å². The molecule has 1 N–H and O–H groups in total. The van der Waals surface area contributed by atoms with Crippen LogP contribution in [0.15, 0.2) is 41.5 Å². The highest BCUT2D eigenvalue weighted by Gasteiger charge is 2.12. The maximum Gasteiger partial charge on any atom is 0.255 e. The van der Waals surface area contributed by atoms with Crippen molar-refractivity contribution in [3.63, 3.8) is 0 Å². The third-order valence-electron chi connectivity index (χ3n) is 2.79. The second kappa shape index (κ2) is 7.72. The molecule has 0 radical (unpaired) electrons. The van der Waals surface area contributed by atoms with Gasteiger partial charge in [-0.25, -0.2) is 0 Å². The molecule has 0 fully saturated rings. The number of hydrogen-bond acceptors (Lipinski definition) is 2. The highest BCUT2D eigenvalue weighted by atomic mass is 16.1. The molecule has 0 saturated carbocycles. The monoisotopic (exact) mass is 278 g/mol. The Morgan fingerprint density at radius 2 is 1.95 bits per heavy atom. The number of carbonyl (C=O) groups is 1. The van der Waals surface area contributed by atoms with Crippen LogP contribution in [0, 0.1) is 23.7 Å². The average molecular weight is 278 g/mol. The molecule has 1 aliphatic rings. The van der Waals surface area contributed by atoms with Gasteiger partial charge in [-0.2, -0.15) is 5.26 Å². The van der Waals surface area contributed by atoms with Gasteiger partial charge in [0.2, 0.25) is 0 Å². The van der Waals surface area contributed by atoms with E-state index >= 15 is 0 Å². The third kappa shape index (κ3) is 4.37. The van der Waals surface area contributed by atoms with Crippen molar-refractivity contribution in [1.82, 2.24) is 0 Å². The molecule has 1 aromatic carbocycles. The Hall–Kier alpha value is -2.78. The van der Waals surface area contributed by atoms with Crippen LogP contribution in [0.5, 0.6) is 0 Å². The number of nitrogens with one attached hydrogen (secondary N) is 1. The van der Waals surface area contributed by atoms with Gasteiger partial charge in [-0.1, -0.05) is 37.5 Å². The lowest BCUT2D eigenvalue weighted by Gasteiger charge is -2.06. The molecule has 0 aliphatic heterocycles. The van der Waals surface area contributed by atoms with Gasteiger partial charge in [-0.15, -0.1) is 6.42 Å². The lowest BCUT2D eigenvalue weighted by Crippen LogP contribution is -2.12. The first-order valence-electron chi connectivity index (χ1n) is 6.83. The standard InChI is InChI=1S/C16H12N2O.C2H6/c1-3-12-7-13(10-17)9-15(8-12)18-16(19)14-5-4-11(2)6-14;1-2/h1,5-9H,4H2,2H3,(H,18,19);1-2H3. The normalized spacial score (nSPS) is 12.0. The van der Waals surface area contributed by atoms with Gasteiger partial charge in [0.05, 0.1) is 11.6 Å². The third-order valence-corrected chi connectivity index (χ3v) is 2.79. The summed E-state index contributed by atoms with van der Waals surface area (Å²) in [5, 5.41) is 11.7. The summed E-state index contributed by atoms with van der Waals surface area (Å²) in [4.78, 5) is 12.0. The summed E-state index contributed by atoms with van der Waals surface area (Å²) < 4.78 is 0. The van der Waals surface area contributed by atoms with Crippen molar-refractivity contribution in [3.05, 3.63) is 52.6 Å². The zero-order valence-electron chi connectivity index (χ0n) is 12.5. The topological polar surface area (TPSA) is 52.9 Å². The minimum atomic E-state index is -0.185. The molecule has 1 aliphatic carbocycles. The van der Waals surface area contributed by atoms with Crippen LogP contribution in [0.4, 0.5) is 5.69 Å². The van der Waals surface area contributed by atoms with Crippen molar-refractivity contribution >= 4 is 11.6 Å². The minimum absolute atomic E-state index is 0.185. The van der Waals surface area contributed by atoms with E-state index in [1.165, 1.54) is 0 Å². The molecule has 3 nitrogen and oxygen atoms in total. The SMILES string of the molecule is C#Cc1cc(C#N)cc(NC(=O)C2=CCC(C)=C2)c1.CC. The van der Waals surface area contributed by atoms with Crippen LogP contribution >= 0.6 is 0 Å². The summed E-state index contributed by atoms with van der Waals surface area (Å²) in [6.45, 7) is 5.98. The zero-order valence-corrected chi connectivity index (χ0v) is 12.5. The van der Waals surface area contributed by atoms with E-state index in [1.54, 1.807) is 18.2 Å². The first-order valence-corrected chi connectivity index (χ1v) is 6.83. The fourth-order valence-electron chi connectivity index (χ4n) is 1.86. The Morgan fingerprint density at radius 1 is 1.29 bits per heavy atom. The Morgan fingerprint density at radius 3 is 2.48 bits per heavy atom. The Kier molecular flexibility index (Phi) is 5.99. The maximum absolute atomic E-state index is 12.0. The minimum Gasteiger partial charge on any atom is -0.322 e. The second-order valence-electron chi connectivity index (χ2n) is 4.36. The van der Waals surface area contributed by atoms with Crippen LogP contribution in [-0.4, -0.2) is 5.91 Å². The van der Waals surface area contributed by atoms with Gasteiger partial charge in [0, 0.05) is 16.8 Å². The highest BCUT2D eigenvalue weighted by Crippen LogP contribution is 2.19. The number of allylic oxidation sites excluding steroid dienone is 2. The second-order valence-corrected chi connectivity index (χ2v) is 4.36. The van der Waals surface area contributed by atoms with Crippen LogP contribution < -0.4 is 5.32 Å². The summed E-state index contributed by atoms with van der Waals surface area (Å²) >= 11 is 0. The predicted molar refractivity (Wildman–Crippen MR) is 85.5 cm³/mol. The summed E-state index contributed by atoms with van der Waals surface area (Å²) in [6, 6.07) is 6.90. The van der Waals surface area contributed by atoms with E-state index in [0.29, 0.717) is 22.4 Å². The van der Waals surface area contributed by atoms with Gasteiger partial charge in [0.15, 0.2) is 0 Å². The number of amides is 1. The molecule has 0 spiro atoms. The van der Waals surface area contributed by atoms with Gasteiger partial charge >= 0.3 is 0 Å². The van der Waals surface area contributed by atoms with E-state index in [4.69, 9.17) is 11.7 Å². The van der Waals surface area contributed by atoms with E-state index in [2.05, 4.69) is 11.2 Å². The van der Waals surface area contributed by atoms with Crippen molar-refractivity contribution in [2.24, 2.45) is 0 Å². The van der Waals surface area contributed by atoms with Gasteiger partial charge in [0.1, 0.15) is 0 Å². The molecule has 0 aromatic heterocycles. The largest absolute Gasteiger partial charge is 0.322 e. The Bertz CT molecular complexity index is 650. The number of nitrogens with zero attached hydrogens (tertiary/aromatic N) is 1. The van der Waals surface area contributed by atoms with Crippen molar-refractivity contribution in [2.75, 3.05) is 5.32 Å². The van der Waals surface area contributed by atoms with Crippen LogP contribution in [0.25, 0.3) is 0 Å². The average Bonchev–Trinajstić information content (AvgIpc) is 2.95. The van der Waals surface area contributed by atoms with Crippen molar-refractivity contribution in [2.45, 2.75) is 27.2 Å². The molecule has 0 bridgehead atoms. The number of nitriles is 1. The molecule has 1 amide bonds. The maximum atomic E-state index is 12.0. The molecule has 0 heterocycles. The van der Waals surface area contributed by atoms with Gasteiger partial charge in [0.25, 0.3) is 5.91 Å². The highest BCUT2D eigenvalue weighted by molar-refractivity contribution is 6.06. The summed E-state index contributed by atoms with van der Waals surface area (Å²) in [5.74, 6) is 2.28. The van der Waals surface area contributed by atoms with Gasteiger partial charge in [-0.3, -0.25) is 4.79 Å². The number of rotatable bonds is 2. The lowest BCUT2D eigenvalue weighted by molar-refractivity contribution is -0.112. The molecule has 3 heteroatoms. The van der Waals surface area contributed by atoms with Crippen LogP contribution in [-0.2, 0) is 4.79 Å². The molecule has 21 heavy (non-hydrogen) atoms. The van der Waals surface area contributed by atoms with E-state index in [0.717, 1.165) is 12.0 Å².